The molecule has 1 aliphatic rings. The molecule has 0 amide bonds. The van der Waals surface area contributed by atoms with E-state index < -0.39 is 0 Å². The van der Waals surface area contributed by atoms with E-state index in [0.29, 0.717) is 11.5 Å². The van der Waals surface area contributed by atoms with Gasteiger partial charge in [0.05, 0.1) is 0 Å². The van der Waals surface area contributed by atoms with Crippen LogP contribution in [-0.4, -0.2) is 19.1 Å². The minimum atomic E-state index is 0.357. The van der Waals surface area contributed by atoms with Gasteiger partial charge in [0.2, 0.25) is 0 Å². The van der Waals surface area contributed by atoms with Crippen LogP contribution in [0.25, 0.3) is 0 Å². The van der Waals surface area contributed by atoms with E-state index in [2.05, 4.69) is 26.1 Å². The fourth-order valence-corrected chi connectivity index (χ4v) is 2.22. The summed E-state index contributed by atoms with van der Waals surface area (Å²) in [5.41, 5.74) is 6.46. The molecule has 16 heavy (non-hydrogen) atoms. The monoisotopic (exact) mass is 226 g/mol. The molecule has 1 fully saturated rings. The van der Waals surface area contributed by atoms with E-state index in [1.807, 2.05) is 0 Å². The van der Waals surface area contributed by atoms with E-state index in [9.17, 15) is 0 Å². The second kappa shape index (κ2) is 6.61. The van der Waals surface area contributed by atoms with Crippen LogP contribution >= 0.6 is 0 Å². The fraction of sp³-hybridized carbons (Fsp3) is 1.00. The van der Waals surface area contributed by atoms with E-state index in [-0.39, 0.29) is 0 Å². The predicted molar refractivity (Wildman–Crippen MR) is 71.5 cm³/mol. The number of nitrogens with two attached hydrogens (primary N) is 1. The summed E-state index contributed by atoms with van der Waals surface area (Å²) in [7, 11) is 0. The molecule has 1 unspecified atom stereocenters. The largest absolute Gasteiger partial charge is 0.328 e. The standard InChI is InChI=1S/C14H30N2/c1-14(2,3)11-13(15)8-10-16-9-4-5-12-6-7-12/h12-13,16H,4-11,15H2,1-3H3. The molecule has 2 nitrogen and oxygen atoms in total. The van der Waals surface area contributed by atoms with Gasteiger partial charge in [-0.3, -0.25) is 0 Å². The Bertz CT molecular complexity index is 180. The normalized spacial score (nSPS) is 18.8. The van der Waals surface area contributed by atoms with Crippen molar-refractivity contribution < 1.29 is 0 Å². The highest BCUT2D eigenvalue weighted by Gasteiger charge is 2.19. The molecule has 0 aliphatic heterocycles. The average molecular weight is 226 g/mol. The van der Waals surface area contributed by atoms with Crippen molar-refractivity contribution in [1.82, 2.24) is 5.32 Å². The third kappa shape index (κ3) is 8.12. The molecule has 2 heteroatoms. The first-order chi connectivity index (χ1) is 7.47. The van der Waals surface area contributed by atoms with Crippen molar-refractivity contribution >= 4 is 0 Å². The van der Waals surface area contributed by atoms with Crippen molar-refractivity contribution in [1.29, 1.82) is 0 Å². The first kappa shape index (κ1) is 14.0. The van der Waals surface area contributed by atoms with Crippen molar-refractivity contribution in [3.8, 4) is 0 Å². The van der Waals surface area contributed by atoms with Crippen molar-refractivity contribution in [2.45, 2.75) is 65.3 Å². The Kier molecular flexibility index (Phi) is 5.77. The van der Waals surface area contributed by atoms with Crippen LogP contribution in [0.5, 0.6) is 0 Å². The molecule has 1 aliphatic carbocycles. The summed E-state index contributed by atoms with van der Waals surface area (Å²) in [4.78, 5) is 0. The highest BCUT2D eigenvalue weighted by atomic mass is 14.9. The van der Waals surface area contributed by atoms with E-state index in [1.54, 1.807) is 0 Å². The van der Waals surface area contributed by atoms with Gasteiger partial charge >= 0.3 is 0 Å². The van der Waals surface area contributed by atoms with Crippen LogP contribution in [-0.2, 0) is 0 Å². The zero-order valence-corrected chi connectivity index (χ0v) is 11.4. The van der Waals surface area contributed by atoms with Crippen LogP contribution in [0.4, 0.5) is 0 Å². The predicted octanol–water partition coefficient (Wildman–Crippen LogP) is 2.92. The molecule has 0 aromatic carbocycles. The second-order valence-corrected chi connectivity index (χ2v) is 6.65. The highest BCUT2D eigenvalue weighted by molar-refractivity contribution is 4.74. The van der Waals surface area contributed by atoms with Crippen molar-refractivity contribution in [2.24, 2.45) is 17.1 Å². The summed E-state index contributed by atoms with van der Waals surface area (Å²) in [6.07, 6.45) is 7.98. The first-order valence-electron chi connectivity index (χ1n) is 6.94. The summed E-state index contributed by atoms with van der Waals surface area (Å²) in [5.74, 6) is 1.07. The van der Waals surface area contributed by atoms with Crippen LogP contribution in [0, 0.1) is 11.3 Å². The number of hydrogen-bond donors (Lipinski definition) is 2. The third-order valence-electron chi connectivity index (χ3n) is 3.23. The molecule has 1 rings (SSSR count). The molecular weight excluding hydrogens is 196 g/mol. The molecule has 0 radical (unpaired) electrons. The van der Waals surface area contributed by atoms with Gasteiger partial charge in [-0.1, -0.05) is 33.6 Å². The van der Waals surface area contributed by atoms with E-state index in [1.165, 1.54) is 32.2 Å². The van der Waals surface area contributed by atoms with Gasteiger partial charge in [0.15, 0.2) is 0 Å². The van der Waals surface area contributed by atoms with Crippen LogP contribution in [0.2, 0.25) is 0 Å². The van der Waals surface area contributed by atoms with Crippen LogP contribution in [0.1, 0.15) is 59.3 Å². The lowest BCUT2D eigenvalue weighted by atomic mass is 9.87. The van der Waals surface area contributed by atoms with Crippen LogP contribution < -0.4 is 11.1 Å². The lowest BCUT2D eigenvalue weighted by Gasteiger charge is -2.23. The van der Waals surface area contributed by atoms with Gasteiger partial charge in [-0.15, -0.1) is 0 Å². The Morgan fingerprint density at radius 3 is 2.50 bits per heavy atom. The van der Waals surface area contributed by atoms with E-state index >= 15 is 0 Å². The maximum atomic E-state index is 6.09. The first-order valence-corrected chi connectivity index (χ1v) is 6.94. The minimum absolute atomic E-state index is 0.357. The lowest BCUT2D eigenvalue weighted by molar-refractivity contribution is 0.329. The number of rotatable bonds is 8. The Hall–Kier alpha value is -0.0800. The molecule has 0 aromatic rings. The number of hydrogen-bond acceptors (Lipinski definition) is 2. The molecule has 0 saturated heterocycles. The van der Waals surface area contributed by atoms with Gasteiger partial charge in [-0.25, -0.2) is 0 Å². The zero-order chi connectivity index (χ0) is 12.0. The van der Waals surface area contributed by atoms with Gasteiger partial charge < -0.3 is 11.1 Å². The quantitative estimate of drug-likeness (QED) is 0.625. The summed E-state index contributed by atoms with van der Waals surface area (Å²) in [5, 5.41) is 3.51. The van der Waals surface area contributed by atoms with E-state index in [4.69, 9.17) is 5.73 Å². The average Bonchev–Trinajstić information content (AvgIpc) is 2.91. The smallest absolute Gasteiger partial charge is 0.00558 e. The Balaban J connectivity index is 1.85. The zero-order valence-electron chi connectivity index (χ0n) is 11.4. The van der Waals surface area contributed by atoms with E-state index in [0.717, 1.165) is 25.3 Å². The van der Waals surface area contributed by atoms with Gasteiger partial charge in [0.25, 0.3) is 0 Å². The van der Waals surface area contributed by atoms with Gasteiger partial charge in [-0.2, -0.15) is 0 Å². The Labute approximate surface area is 101 Å². The molecule has 1 saturated carbocycles. The molecule has 0 spiro atoms. The summed E-state index contributed by atoms with van der Waals surface area (Å²) >= 11 is 0. The molecule has 0 aromatic heterocycles. The van der Waals surface area contributed by atoms with Crippen molar-refractivity contribution in [2.75, 3.05) is 13.1 Å². The molecular formula is C14H30N2. The third-order valence-corrected chi connectivity index (χ3v) is 3.23. The minimum Gasteiger partial charge on any atom is -0.328 e. The number of nitrogens with one attached hydrogen (secondary N) is 1. The molecule has 0 heterocycles. The molecule has 3 N–H and O–H groups in total. The molecule has 96 valence electrons. The van der Waals surface area contributed by atoms with Crippen molar-refractivity contribution in [3.05, 3.63) is 0 Å². The SMILES string of the molecule is CC(C)(C)CC(N)CCNCCCC1CC1. The van der Waals surface area contributed by atoms with Gasteiger partial charge in [-0.05, 0) is 50.1 Å². The lowest BCUT2D eigenvalue weighted by Crippen LogP contribution is -2.30. The highest BCUT2D eigenvalue weighted by Crippen LogP contribution is 2.33. The summed E-state index contributed by atoms with van der Waals surface area (Å²) in [6, 6.07) is 0.357. The maximum absolute atomic E-state index is 6.09. The van der Waals surface area contributed by atoms with Crippen LogP contribution in [0.15, 0.2) is 0 Å². The van der Waals surface area contributed by atoms with Crippen LogP contribution in [0.3, 0.4) is 0 Å². The maximum Gasteiger partial charge on any atom is 0.00558 e. The van der Waals surface area contributed by atoms with Crippen molar-refractivity contribution in [3.63, 3.8) is 0 Å². The molecule has 0 bridgehead atoms. The second-order valence-electron chi connectivity index (χ2n) is 6.65. The van der Waals surface area contributed by atoms with Gasteiger partial charge in [0.1, 0.15) is 0 Å². The van der Waals surface area contributed by atoms with Gasteiger partial charge in [0, 0.05) is 6.04 Å². The molecule has 1 atom stereocenters. The topological polar surface area (TPSA) is 38.0 Å². The summed E-state index contributed by atoms with van der Waals surface area (Å²) in [6.45, 7) is 9.04. The Morgan fingerprint density at radius 2 is 1.94 bits per heavy atom. The Morgan fingerprint density at radius 1 is 1.25 bits per heavy atom. The fourth-order valence-electron chi connectivity index (χ4n) is 2.22. The summed E-state index contributed by atoms with van der Waals surface area (Å²) < 4.78 is 0.